The molecule has 1 saturated carbocycles. The molecule has 1 atom stereocenters. The molecule has 1 aromatic rings. The lowest BCUT2D eigenvalue weighted by Gasteiger charge is -2.36. The van der Waals surface area contributed by atoms with Gasteiger partial charge in [0.05, 0.1) is 6.10 Å². The first-order valence-electron chi connectivity index (χ1n) is 10.3. The molecule has 2 fully saturated rings. The van der Waals surface area contributed by atoms with E-state index in [1.165, 1.54) is 17.0 Å². The van der Waals surface area contributed by atoms with Crippen LogP contribution in [0.3, 0.4) is 0 Å². The van der Waals surface area contributed by atoms with E-state index in [0.29, 0.717) is 30.7 Å². The Morgan fingerprint density at radius 3 is 2.72 bits per heavy atom. The van der Waals surface area contributed by atoms with Gasteiger partial charge in [0.15, 0.2) is 0 Å². The van der Waals surface area contributed by atoms with Gasteiger partial charge in [-0.05, 0) is 58.0 Å². The number of aldehydes is 1. The number of halogens is 1. The molecule has 0 radical (unpaired) electrons. The molecule has 6 nitrogen and oxygen atoms in total. The van der Waals surface area contributed by atoms with E-state index < -0.39 is 5.82 Å². The monoisotopic (exact) mass is 399 g/mol. The van der Waals surface area contributed by atoms with Crippen LogP contribution in [-0.4, -0.2) is 56.6 Å². The van der Waals surface area contributed by atoms with Gasteiger partial charge in [0, 0.05) is 42.3 Å². The van der Waals surface area contributed by atoms with Crippen LogP contribution in [-0.2, 0) is 9.59 Å². The number of amides is 1. The van der Waals surface area contributed by atoms with Crippen LogP contribution in [0.5, 0.6) is 5.75 Å². The summed E-state index contributed by atoms with van der Waals surface area (Å²) in [6, 6.07) is 4.39. The number of benzene rings is 1. The van der Waals surface area contributed by atoms with Crippen LogP contribution in [0.1, 0.15) is 25.7 Å². The Kier molecular flexibility index (Phi) is 7.26. The molecule has 2 aliphatic rings. The minimum Gasteiger partial charge on any atom is -0.490 e. The van der Waals surface area contributed by atoms with E-state index in [9.17, 15) is 19.2 Å². The second-order valence-corrected chi connectivity index (χ2v) is 8.18. The second-order valence-electron chi connectivity index (χ2n) is 8.18. The van der Waals surface area contributed by atoms with E-state index in [-0.39, 0.29) is 24.8 Å². The first-order valence-corrected chi connectivity index (χ1v) is 10.3. The zero-order chi connectivity index (χ0) is 20.8. The van der Waals surface area contributed by atoms with Crippen molar-refractivity contribution in [2.24, 2.45) is 5.92 Å². The molecule has 1 heterocycles. The van der Waals surface area contributed by atoms with Gasteiger partial charge in [0.1, 0.15) is 17.9 Å². The molecule has 1 unspecified atom stereocenters. The first kappa shape index (κ1) is 21.3. The minimum absolute atomic E-state index is 0.0161. The largest absolute Gasteiger partial charge is 0.490 e. The van der Waals surface area contributed by atoms with Crippen LogP contribution in [0.15, 0.2) is 18.2 Å². The molecule has 29 heavy (non-hydrogen) atoms. The number of likely N-dealkylation sites (N-methyl/N-ethyl adjacent to an activating group) is 1. The van der Waals surface area contributed by atoms with Gasteiger partial charge < -0.3 is 19.3 Å². The molecule has 1 saturated heterocycles. The lowest BCUT2D eigenvalue weighted by Crippen LogP contribution is -2.48. The number of carbonyl (C=O) groups excluding carboxylic acids is 2. The standard InChI is InChI=1S/C21H27BFN3O3/c1-25-7-6-22(14-24)11-19(25)12-26(15-28)18-8-17(23)9-21(10-18)29-20-4-2-16(13-27)3-5-20/h8-10,13,15-16,19-20H,2-7,11-12H2,1H3. The third kappa shape index (κ3) is 5.57. The molecule has 1 amide bonds. The maximum Gasteiger partial charge on any atom is 0.270 e. The molecule has 1 aromatic carbocycles. The van der Waals surface area contributed by atoms with Crippen LogP contribution >= 0.6 is 0 Å². The van der Waals surface area contributed by atoms with Crippen molar-refractivity contribution in [2.45, 2.75) is 50.5 Å². The Morgan fingerprint density at radius 2 is 2.07 bits per heavy atom. The van der Waals surface area contributed by atoms with Gasteiger partial charge in [-0.1, -0.05) is 0 Å². The van der Waals surface area contributed by atoms with Crippen molar-refractivity contribution in [1.29, 1.82) is 5.26 Å². The van der Waals surface area contributed by atoms with Crippen LogP contribution < -0.4 is 9.64 Å². The Morgan fingerprint density at radius 1 is 1.31 bits per heavy atom. The van der Waals surface area contributed by atoms with E-state index in [0.717, 1.165) is 44.8 Å². The first-order chi connectivity index (χ1) is 14.0. The van der Waals surface area contributed by atoms with Crippen LogP contribution in [0, 0.1) is 23.0 Å². The molecule has 0 bridgehead atoms. The number of anilines is 1. The Balaban J connectivity index is 1.69. The molecule has 0 N–H and O–H groups in total. The van der Waals surface area contributed by atoms with Crippen LogP contribution in [0.25, 0.3) is 0 Å². The van der Waals surface area contributed by atoms with Crippen molar-refractivity contribution in [3.8, 4) is 11.7 Å². The average molecular weight is 399 g/mol. The van der Waals surface area contributed by atoms with Gasteiger partial charge in [-0.3, -0.25) is 4.79 Å². The predicted molar refractivity (Wildman–Crippen MR) is 110 cm³/mol. The summed E-state index contributed by atoms with van der Waals surface area (Å²) in [6.45, 7) is 1.18. The van der Waals surface area contributed by atoms with Crippen molar-refractivity contribution < 1.29 is 18.7 Å². The third-order valence-electron chi connectivity index (χ3n) is 6.13. The number of nitriles is 1. The van der Waals surface area contributed by atoms with E-state index in [1.54, 1.807) is 6.07 Å². The van der Waals surface area contributed by atoms with Crippen molar-refractivity contribution in [1.82, 2.24) is 4.90 Å². The van der Waals surface area contributed by atoms with Crippen molar-refractivity contribution in [3.63, 3.8) is 0 Å². The van der Waals surface area contributed by atoms with Gasteiger partial charge >= 0.3 is 0 Å². The minimum atomic E-state index is -0.460. The molecular weight excluding hydrogens is 372 g/mol. The fourth-order valence-electron chi connectivity index (χ4n) is 4.25. The Hall–Kier alpha value is -2.40. The summed E-state index contributed by atoms with van der Waals surface area (Å²) in [6.07, 6.45) is 6.26. The van der Waals surface area contributed by atoms with Gasteiger partial charge in [-0.25, -0.2) is 9.65 Å². The van der Waals surface area contributed by atoms with E-state index in [2.05, 4.69) is 10.9 Å². The van der Waals surface area contributed by atoms with Gasteiger partial charge in [-0.2, -0.15) is 0 Å². The summed E-state index contributed by atoms with van der Waals surface area (Å²) < 4.78 is 20.2. The van der Waals surface area contributed by atoms with Gasteiger partial charge in [-0.15, -0.1) is 0 Å². The molecular formula is C21H27BFN3O3. The van der Waals surface area contributed by atoms with Crippen molar-refractivity contribution >= 4 is 25.1 Å². The highest BCUT2D eigenvalue weighted by Crippen LogP contribution is 2.30. The molecule has 154 valence electrons. The second kappa shape index (κ2) is 9.88. The summed E-state index contributed by atoms with van der Waals surface area (Å²) >= 11 is 0. The lowest BCUT2D eigenvalue weighted by atomic mass is 9.43. The smallest absolute Gasteiger partial charge is 0.270 e. The topological polar surface area (TPSA) is 73.6 Å². The Labute approximate surface area is 171 Å². The number of hydrogen-bond acceptors (Lipinski definition) is 5. The molecule has 3 rings (SSSR count). The van der Waals surface area contributed by atoms with Gasteiger partial charge in [0.2, 0.25) is 6.41 Å². The van der Waals surface area contributed by atoms with E-state index in [1.807, 2.05) is 7.05 Å². The normalized spacial score (nSPS) is 25.1. The quantitative estimate of drug-likeness (QED) is 0.521. The summed E-state index contributed by atoms with van der Waals surface area (Å²) in [5.41, 5.74) is 0.448. The van der Waals surface area contributed by atoms with Gasteiger partial charge in [0.25, 0.3) is 6.71 Å². The fourth-order valence-corrected chi connectivity index (χ4v) is 4.25. The molecule has 1 aliphatic carbocycles. The summed E-state index contributed by atoms with van der Waals surface area (Å²) in [7, 11) is 1.98. The summed E-state index contributed by atoms with van der Waals surface area (Å²) in [5, 5.41) is 9.23. The predicted octanol–water partition coefficient (Wildman–Crippen LogP) is 2.80. The van der Waals surface area contributed by atoms with Crippen LogP contribution in [0.2, 0.25) is 12.6 Å². The fraction of sp³-hybridized carbons (Fsp3) is 0.571. The molecule has 0 aromatic heterocycles. The molecule has 0 spiro atoms. The zero-order valence-electron chi connectivity index (χ0n) is 16.8. The highest BCUT2D eigenvalue weighted by molar-refractivity contribution is 6.67. The van der Waals surface area contributed by atoms with Crippen molar-refractivity contribution in [3.05, 3.63) is 24.0 Å². The third-order valence-corrected chi connectivity index (χ3v) is 6.13. The average Bonchev–Trinajstić information content (AvgIpc) is 2.73. The summed E-state index contributed by atoms with van der Waals surface area (Å²) in [4.78, 5) is 26.3. The SMILES string of the molecule is CN1CCB(C#N)CC1CN(C=O)c1cc(F)cc(OC2CCC(C=O)CC2)c1. The number of hydrogen-bond donors (Lipinski definition) is 0. The van der Waals surface area contributed by atoms with Crippen molar-refractivity contribution in [2.75, 3.05) is 25.0 Å². The number of ether oxygens (including phenoxy) is 1. The number of rotatable bonds is 7. The maximum absolute atomic E-state index is 14.2. The zero-order valence-corrected chi connectivity index (χ0v) is 16.8. The Bertz CT molecular complexity index is 764. The lowest BCUT2D eigenvalue weighted by molar-refractivity contribution is -0.112. The number of nitrogens with zero attached hydrogens (tertiary/aromatic N) is 3. The van der Waals surface area contributed by atoms with E-state index >= 15 is 0 Å². The maximum atomic E-state index is 14.2. The molecule has 8 heteroatoms. The van der Waals surface area contributed by atoms with Crippen LogP contribution in [0.4, 0.5) is 10.1 Å². The summed E-state index contributed by atoms with van der Waals surface area (Å²) in [5.74, 6) is 2.35. The number of carbonyl (C=O) groups is 2. The highest BCUT2D eigenvalue weighted by atomic mass is 19.1. The van der Waals surface area contributed by atoms with E-state index in [4.69, 9.17) is 4.74 Å². The molecule has 1 aliphatic heterocycles. The highest BCUT2D eigenvalue weighted by Gasteiger charge is 2.30.